The van der Waals surface area contributed by atoms with Crippen molar-refractivity contribution in [3.8, 4) is 0 Å². The Bertz CT molecular complexity index is 1250. The van der Waals surface area contributed by atoms with Crippen LogP contribution in [0.1, 0.15) is 0 Å². The van der Waals surface area contributed by atoms with Gasteiger partial charge in [0.2, 0.25) is 0 Å². The maximum atomic E-state index is 5.95. The molecule has 166 valence electrons. The Morgan fingerprint density at radius 3 is 0.824 bits per heavy atom. The van der Waals surface area contributed by atoms with Crippen LogP contribution in [-0.4, -0.2) is 0 Å². The first-order valence-corrected chi connectivity index (χ1v) is 11.2. The van der Waals surface area contributed by atoms with E-state index in [9.17, 15) is 0 Å². The molecule has 0 spiro atoms. The normalized spacial score (nSPS) is 10.6. The molecular formula is C30H26N4. The standard InChI is InChI=1S/C30H26N4/c31-23-11-15-27(16-12-23)34(28-17-13-24(32)14-18-28)30-21-19-29(20-22-30)33(25-7-3-1-4-8-25)26-9-5-2-6-10-26/h1-22H,31-32H2. The van der Waals surface area contributed by atoms with E-state index in [1.54, 1.807) is 0 Å². The van der Waals surface area contributed by atoms with Gasteiger partial charge in [-0.1, -0.05) is 36.4 Å². The van der Waals surface area contributed by atoms with Crippen LogP contribution in [-0.2, 0) is 0 Å². The van der Waals surface area contributed by atoms with Crippen LogP contribution in [0.2, 0.25) is 0 Å². The zero-order valence-electron chi connectivity index (χ0n) is 18.8. The lowest BCUT2D eigenvalue weighted by atomic mass is 10.1. The molecule has 0 aliphatic carbocycles. The number of anilines is 8. The Kier molecular flexibility index (Phi) is 5.87. The highest BCUT2D eigenvalue weighted by molar-refractivity contribution is 5.81. The molecule has 5 aromatic carbocycles. The van der Waals surface area contributed by atoms with E-state index in [1.165, 1.54) is 0 Å². The minimum Gasteiger partial charge on any atom is -0.399 e. The van der Waals surface area contributed by atoms with Crippen LogP contribution in [0.4, 0.5) is 45.5 Å². The summed E-state index contributed by atoms with van der Waals surface area (Å²) in [6.07, 6.45) is 0. The number of benzene rings is 5. The first-order chi connectivity index (χ1) is 16.7. The van der Waals surface area contributed by atoms with Gasteiger partial charge in [0.05, 0.1) is 0 Å². The highest BCUT2D eigenvalue weighted by atomic mass is 15.2. The summed E-state index contributed by atoms with van der Waals surface area (Å²) in [5, 5.41) is 0. The lowest BCUT2D eigenvalue weighted by molar-refractivity contribution is 1.26. The summed E-state index contributed by atoms with van der Waals surface area (Å²) in [6.45, 7) is 0. The molecule has 0 fully saturated rings. The van der Waals surface area contributed by atoms with E-state index in [4.69, 9.17) is 11.5 Å². The minimum absolute atomic E-state index is 0.734. The molecule has 0 aliphatic heterocycles. The van der Waals surface area contributed by atoms with Crippen molar-refractivity contribution in [2.75, 3.05) is 21.3 Å². The Hall–Kier alpha value is -4.70. The second-order valence-electron chi connectivity index (χ2n) is 8.04. The number of para-hydroxylation sites is 2. The number of nitrogens with zero attached hydrogens (tertiary/aromatic N) is 2. The van der Waals surface area contributed by atoms with E-state index in [0.29, 0.717) is 0 Å². The predicted molar refractivity (Wildman–Crippen MR) is 145 cm³/mol. The molecule has 4 N–H and O–H groups in total. The van der Waals surface area contributed by atoms with Gasteiger partial charge in [0.1, 0.15) is 0 Å². The summed E-state index contributed by atoms with van der Waals surface area (Å²) in [4.78, 5) is 4.44. The first-order valence-electron chi connectivity index (χ1n) is 11.2. The van der Waals surface area contributed by atoms with E-state index in [2.05, 4.69) is 82.6 Å². The first kappa shape index (κ1) is 21.2. The molecule has 4 heteroatoms. The molecule has 34 heavy (non-hydrogen) atoms. The summed E-state index contributed by atoms with van der Waals surface area (Å²) in [5.41, 5.74) is 19.7. The van der Waals surface area contributed by atoms with Crippen molar-refractivity contribution in [1.29, 1.82) is 0 Å². The van der Waals surface area contributed by atoms with Gasteiger partial charge in [0.15, 0.2) is 0 Å². The smallest absolute Gasteiger partial charge is 0.0463 e. The molecule has 0 aliphatic rings. The number of hydrogen-bond acceptors (Lipinski definition) is 4. The molecule has 0 aromatic heterocycles. The number of rotatable bonds is 6. The number of hydrogen-bond donors (Lipinski definition) is 2. The van der Waals surface area contributed by atoms with Gasteiger partial charge in [0, 0.05) is 45.5 Å². The van der Waals surface area contributed by atoms with Gasteiger partial charge in [-0.25, -0.2) is 0 Å². The van der Waals surface area contributed by atoms with Crippen LogP contribution in [0.25, 0.3) is 0 Å². The summed E-state index contributed by atoms with van der Waals surface area (Å²) >= 11 is 0. The lowest BCUT2D eigenvalue weighted by Gasteiger charge is -2.28. The van der Waals surface area contributed by atoms with Crippen LogP contribution in [0.15, 0.2) is 133 Å². The Labute approximate surface area is 200 Å². The third kappa shape index (κ3) is 4.43. The van der Waals surface area contributed by atoms with Gasteiger partial charge in [-0.3, -0.25) is 0 Å². The molecule has 0 atom stereocenters. The third-order valence-corrected chi connectivity index (χ3v) is 5.70. The van der Waals surface area contributed by atoms with E-state index in [0.717, 1.165) is 45.5 Å². The van der Waals surface area contributed by atoms with Crippen molar-refractivity contribution in [2.45, 2.75) is 0 Å². The largest absolute Gasteiger partial charge is 0.399 e. The average Bonchev–Trinajstić information content (AvgIpc) is 2.89. The molecular weight excluding hydrogens is 416 g/mol. The third-order valence-electron chi connectivity index (χ3n) is 5.70. The van der Waals surface area contributed by atoms with Crippen molar-refractivity contribution in [1.82, 2.24) is 0 Å². The molecule has 5 aromatic rings. The summed E-state index contributed by atoms with van der Waals surface area (Å²) in [6, 6.07) is 45.1. The lowest BCUT2D eigenvalue weighted by Crippen LogP contribution is -2.12. The number of nitrogens with two attached hydrogens (primary N) is 2. The highest BCUT2D eigenvalue weighted by Crippen LogP contribution is 2.39. The SMILES string of the molecule is Nc1ccc(N(c2ccc(N)cc2)c2ccc(N(c3ccccc3)c3ccccc3)cc2)cc1. The maximum absolute atomic E-state index is 5.95. The molecule has 0 amide bonds. The van der Waals surface area contributed by atoms with Gasteiger partial charge in [-0.2, -0.15) is 0 Å². The van der Waals surface area contributed by atoms with Crippen LogP contribution in [0.5, 0.6) is 0 Å². The second kappa shape index (κ2) is 9.43. The molecule has 0 saturated carbocycles. The van der Waals surface area contributed by atoms with Crippen molar-refractivity contribution in [3.63, 3.8) is 0 Å². The van der Waals surface area contributed by atoms with Crippen molar-refractivity contribution < 1.29 is 0 Å². The van der Waals surface area contributed by atoms with Crippen molar-refractivity contribution >= 4 is 45.5 Å². The minimum atomic E-state index is 0.734. The van der Waals surface area contributed by atoms with E-state index in [-0.39, 0.29) is 0 Å². The zero-order valence-corrected chi connectivity index (χ0v) is 18.8. The Morgan fingerprint density at radius 1 is 0.294 bits per heavy atom. The van der Waals surface area contributed by atoms with Gasteiger partial charge in [-0.05, 0) is 97.1 Å². The molecule has 0 radical (unpaired) electrons. The fourth-order valence-electron chi connectivity index (χ4n) is 4.05. The molecule has 0 bridgehead atoms. The Morgan fingerprint density at radius 2 is 0.529 bits per heavy atom. The van der Waals surface area contributed by atoms with Crippen LogP contribution in [0.3, 0.4) is 0 Å². The molecule has 0 saturated heterocycles. The second-order valence-corrected chi connectivity index (χ2v) is 8.04. The maximum Gasteiger partial charge on any atom is 0.0463 e. The van der Waals surface area contributed by atoms with E-state index < -0.39 is 0 Å². The van der Waals surface area contributed by atoms with Crippen molar-refractivity contribution in [3.05, 3.63) is 133 Å². The van der Waals surface area contributed by atoms with Gasteiger partial charge in [0.25, 0.3) is 0 Å². The Balaban J connectivity index is 1.57. The molecule has 0 unspecified atom stereocenters. The van der Waals surface area contributed by atoms with Crippen LogP contribution < -0.4 is 21.3 Å². The molecule has 4 nitrogen and oxygen atoms in total. The predicted octanol–water partition coefficient (Wildman–Crippen LogP) is 7.79. The zero-order chi connectivity index (χ0) is 23.3. The quantitative estimate of drug-likeness (QED) is 0.264. The fraction of sp³-hybridized carbons (Fsp3) is 0. The summed E-state index contributed by atoms with van der Waals surface area (Å²) < 4.78 is 0. The number of nitrogen functional groups attached to an aromatic ring is 2. The van der Waals surface area contributed by atoms with Crippen molar-refractivity contribution in [2.24, 2.45) is 0 Å². The summed E-state index contributed by atoms with van der Waals surface area (Å²) in [5.74, 6) is 0. The topological polar surface area (TPSA) is 58.5 Å². The highest BCUT2D eigenvalue weighted by Gasteiger charge is 2.15. The molecule has 5 rings (SSSR count). The van der Waals surface area contributed by atoms with Gasteiger partial charge >= 0.3 is 0 Å². The average molecular weight is 443 g/mol. The monoisotopic (exact) mass is 442 g/mol. The molecule has 0 heterocycles. The van der Waals surface area contributed by atoms with E-state index in [1.807, 2.05) is 60.7 Å². The van der Waals surface area contributed by atoms with Crippen LogP contribution in [0, 0.1) is 0 Å². The van der Waals surface area contributed by atoms with Gasteiger partial charge < -0.3 is 21.3 Å². The van der Waals surface area contributed by atoms with Gasteiger partial charge in [-0.15, -0.1) is 0 Å². The summed E-state index contributed by atoms with van der Waals surface area (Å²) in [7, 11) is 0. The van der Waals surface area contributed by atoms with Crippen LogP contribution >= 0.6 is 0 Å². The van der Waals surface area contributed by atoms with E-state index >= 15 is 0 Å². The fourth-order valence-corrected chi connectivity index (χ4v) is 4.05.